The highest BCUT2D eigenvalue weighted by atomic mass is 32.1. The van der Waals surface area contributed by atoms with Crippen LogP contribution in [0.25, 0.3) is 91.5 Å². The average molecular weight is 1230 g/mol. The lowest BCUT2D eigenvalue weighted by Gasteiger charge is -2.29. The topological polar surface area (TPSA) is 51.6 Å². The van der Waals surface area contributed by atoms with Crippen molar-refractivity contribution in [2.75, 3.05) is 0 Å². The quantitative estimate of drug-likeness (QED) is 0.0304. The van der Waals surface area contributed by atoms with Gasteiger partial charge in [0.05, 0.1) is 9.40 Å². The highest BCUT2D eigenvalue weighted by Crippen LogP contribution is 2.51. The monoisotopic (exact) mass is 1220 g/mol. The van der Waals surface area contributed by atoms with Gasteiger partial charge in [-0.3, -0.25) is 0 Å². The predicted octanol–water partition coefficient (Wildman–Crippen LogP) is 23.9. The van der Waals surface area contributed by atoms with Crippen molar-refractivity contribution in [3.63, 3.8) is 0 Å². The second-order valence-corrected chi connectivity index (χ2v) is 35.2. The van der Waals surface area contributed by atoms with Crippen LogP contribution in [0.15, 0.2) is 84.9 Å². The molecule has 11 rings (SSSR count). The average Bonchev–Trinajstić information content (AvgIpc) is 4.37. The summed E-state index contributed by atoms with van der Waals surface area (Å²) in [6.07, 6.45) is 33.9. The van der Waals surface area contributed by atoms with Crippen LogP contribution < -0.4 is 10.4 Å². The number of unbranched alkanes of at least 4 members (excludes halogenated alkanes) is 21. The summed E-state index contributed by atoms with van der Waals surface area (Å²) in [7, 11) is -2.21. The fourth-order valence-corrected chi connectivity index (χ4v) is 27.6. The van der Waals surface area contributed by atoms with Crippen LogP contribution in [0.2, 0.25) is 12.1 Å². The van der Waals surface area contributed by atoms with Crippen LogP contribution in [0.1, 0.15) is 185 Å². The van der Waals surface area contributed by atoms with Gasteiger partial charge in [-0.25, -0.2) is 0 Å². The van der Waals surface area contributed by atoms with Gasteiger partial charge in [-0.05, 0) is 126 Å². The van der Waals surface area contributed by atoms with Gasteiger partial charge in [0.1, 0.15) is 19.1 Å². The van der Waals surface area contributed by atoms with E-state index in [0.29, 0.717) is 0 Å². The maximum Gasteiger partial charge on any atom is 0.122 e. The van der Waals surface area contributed by atoms with Crippen molar-refractivity contribution < 1.29 is 0 Å². The highest BCUT2D eigenvalue weighted by Gasteiger charge is 2.47. The summed E-state index contributed by atoms with van der Waals surface area (Å²) < 4.78 is 11.8. The van der Waals surface area contributed by atoms with Gasteiger partial charge in [-0.15, -0.1) is 78.2 Å². The second kappa shape index (κ2) is 28.4. The zero-order valence-electron chi connectivity index (χ0n) is 47.7. The van der Waals surface area contributed by atoms with Crippen LogP contribution in [-0.2, 0) is 6.42 Å². The zero-order valence-corrected chi connectivity index (χ0v) is 55.3. The van der Waals surface area contributed by atoms with Crippen molar-refractivity contribution in [3.05, 3.63) is 94.7 Å². The first-order chi connectivity index (χ1) is 39.5. The predicted molar refractivity (Wildman–Crippen MR) is 365 cm³/mol. The SMILES string of the molecule is CCCCCCCCCCCC[Si]1(CCCCCCCCCCCC)c2cc(-c3ccc(-c4ccc(-c5ccc(C)s5)s4)c4nnsc34)sc2-c2sc(-c3ccc(-c4ccc(-c5ccc(CCCCCC)s5)s4)c4nnsc34)cc21. The minimum absolute atomic E-state index is 1.04. The molecule has 0 saturated heterocycles. The molecule has 80 heavy (non-hydrogen) atoms. The Bertz CT molecular complexity index is 3530. The van der Waals surface area contributed by atoms with Gasteiger partial charge in [0.2, 0.25) is 0 Å². The molecule has 0 saturated carbocycles. The van der Waals surface area contributed by atoms with Crippen LogP contribution >= 0.6 is 91.1 Å². The van der Waals surface area contributed by atoms with E-state index in [-0.39, 0.29) is 0 Å². The molecule has 13 heteroatoms. The smallest absolute Gasteiger partial charge is 0.122 e. The van der Waals surface area contributed by atoms with Crippen molar-refractivity contribution in [2.45, 2.75) is 200 Å². The van der Waals surface area contributed by atoms with Crippen molar-refractivity contribution in [1.82, 2.24) is 19.2 Å². The van der Waals surface area contributed by atoms with E-state index in [0.717, 1.165) is 11.0 Å². The third-order valence-electron chi connectivity index (χ3n) is 16.9. The third-order valence-corrected chi connectivity index (χ3v) is 31.3. The molecular formula is C67H80N4S8Si. The Morgan fingerprint density at radius 3 is 1.20 bits per heavy atom. The van der Waals surface area contributed by atoms with Crippen molar-refractivity contribution in [3.8, 4) is 71.0 Å². The molecule has 0 radical (unpaired) electrons. The molecule has 0 bridgehead atoms. The lowest BCUT2D eigenvalue weighted by atomic mass is 10.1. The van der Waals surface area contributed by atoms with Crippen LogP contribution in [0.3, 0.4) is 0 Å². The van der Waals surface area contributed by atoms with E-state index in [1.54, 1.807) is 43.2 Å². The molecule has 9 heterocycles. The summed E-state index contributed by atoms with van der Waals surface area (Å²) in [5.74, 6) is 0. The molecule has 4 nitrogen and oxygen atoms in total. The standard InChI is InChI=1S/C67H80N4S8Si/c1-5-8-11-14-16-18-20-22-24-27-42-80(43-28-25-23-21-19-17-15-12-9-6-2)60-44-58(50-34-32-48(62-64(50)78-70-68-62)52-38-40-56(74-52)54-36-30-46(4)72-54)76-66(60)67-61(80)45-59(77-67)51-35-33-49(63-65(51)79-71-69-63)53-39-41-57(75-53)55-37-31-47(73-55)29-26-13-10-7-3/h30-41,44-45H,5-29,42-43H2,1-4H3. The van der Waals surface area contributed by atoms with Gasteiger partial charge in [-0.1, -0.05) is 202 Å². The van der Waals surface area contributed by atoms with Crippen LogP contribution in [0.5, 0.6) is 0 Å². The Balaban J connectivity index is 0.922. The Morgan fingerprint density at radius 1 is 0.350 bits per heavy atom. The van der Waals surface area contributed by atoms with E-state index < -0.39 is 8.07 Å². The second-order valence-electron chi connectivity index (χ2n) is 22.7. The van der Waals surface area contributed by atoms with Gasteiger partial charge < -0.3 is 0 Å². The summed E-state index contributed by atoms with van der Waals surface area (Å²) in [5, 5.41) is 13.2. The lowest BCUT2D eigenvalue weighted by molar-refractivity contribution is 0.559. The largest absolute Gasteiger partial charge is 0.140 e. The molecule has 0 N–H and O–H groups in total. The van der Waals surface area contributed by atoms with Crippen LogP contribution in [0.4, 0.5) is 0 Å². The van der Waals surface area contributed by atoms with E-state index >= 15 is 0 Å². The van der Waals surface area contributed by atoms with Crippen LogP contribution in [0, 0.1) is 6.92 Å². The van der Waals surface area contributed by atoms with Gasteiger partial charge >= 0.3 is 0 Å². The molecule has 0 aliphatic carbocycles. The number of rotatable bonds is 33. The van der Waals surface area contributed by atoms with E-state index in [9.17, 15) is 0 Å². The number of aryl methyl sites for hydroxylation is 2. The zero-order chi connectivity index (χ0) is 54.7. The van der Waals surface area contributed by atoms with E-state index in [4.69, 9.17) is 14.7 Å². The van der Waals surface area contributed by atoms with E-state index in [1.165, 1.54) is 253 Å². The van der Waals surface area contributed by atoms with E-state index in [1.807, 2.05) is 45.3 Å². The Labute approximate surface area is 510 Å². The Kier molecular flexibility index (Phi) is 20.7. The van der Waals surface area contributed by atoms with Crippen molar-refractivity contribution >= 4 is 130 Å². The first kappa shape index (κ1) is 58.3. The molecule has 8 aromatic heterocycles. The molecule has 0 spiro atoms. The number of nitrogens with zero attached hydrogens (tertiary/aromatic N) is 4. The maximum atomic E-state index is 4.91. The molecule has 1 aliphatic heterocycles. The number of thiophene rings is 6. The van der Waals surface area contributed by atoms with Gasteiger partial charge in [-0.2, -0.15) is 0 Å². The maximum absolute atomic E-state index is 4.91. The van der Waals surface area contributed by atoms with E-state index in [2.05, 4.69) is 140 Å². The first-order valence-corrected chi connectivity index (χ1v) is 39.5. The first-order valence-electron chi connectivity index (χ1n) is 30.6. The Morgan fingerprint density at radius 2 is 0.738 bits per heavy atom. The molecule has 2 aromatic carbocycles. The van der Waals surface area contributed by atoms with Crippen LogP contribution in [-0.4, -0.2) is 27.2 Å². The molecule has 0 fully saturated rings. The molecule has 0 amide bonds. The summed E-state index contributed by atoms with van der Waals surface area (Å²) in [6.45, 7) is 9.14. The number of aromatic nitrogens is 4. The fourth-order valence-electron chi connectivity index (χ4n) is 12.4. The molecule has 420 valence electrons. The summed E-state index contributed by atoms with van der Waals surface area (Å²) in [4.78, 5) is 16.7. The Hall–Kier alpha value is -3.50. The lowest BCUT2D eigenvalue weighted by Crippen LogP contribution is -2.54. The van der Waals surface area contributed by atoms with Crippen molar-refractivity contribution in [2.24, 2.45) is 0 Å². The number of hydrogen-bond donors (Lipinski definition) is 0. The summed E-state index contributed by atoms with van der Waals surface area (Å²) >= 11 is 14.9. The molecule has 10 aromatic rings. The highest BCUT2D eigenvalue weighted by molar-refractivity contribution is 7.32. The summed E-state index contributed by atoms with van der Waals surface area (Å²) in [6, 6.07) is 36.0. The molecular weight excluding hydrogens is 1150 g/mol. The van der Waals surface area contributed by atoms with Gasteiger partial charge in [0, 0.05) is 80.8 Å². The molecule has 0 atom stereocenters. The van der Waals surface area contributed by atoms with Crippen molar-refractivity contribution in [1.29, 1.82) is 0 Å². The minimum atomic E-state index is -2.21. The normalized spacial score (nSPS) is 12.9. The number of fused-ring (bicyclic) bond motifs is 5. The number of hydrogen-bond acceptors (Lipinski definition) is 12. The third kappa shape index (κ3) is 13.2. The fraction of sp³-hybridized carbons (Fsp3) is 0.463. The van der Waals surface area contributed by atoms with Gasteiger partial charge in [0.15, 0.2) is 0 Å². The van der Waals surface area contributed by atoms with Gasteiger partial charge in [0.25, 0.3) is 0 Å². The minimum Gasteiger partial charge on any atom is -0.140 e. The molecule has 1 aliphatic rings. The number of benzene rings is 2. The summed E-state index contributed by atoms with van der Waals surface area (Å²) in [5.41, 5.74) is 7.08. The molecule has 0 unspecified atom stereocenters.